The van der Waals surface area contributed by atoms with Gasteiger partial charge in [-0.2, -0.15) is 0 Å². The van der Waals surface area contributed by atoms with Crippen LogP contribution in [0.3, 0.4) is 0 Å². The average molecular weight is 412 g/mol. The standard InChI is InChI=1S/C20H33N3O4S/c1-14(18(25)23-20(5,6)7)22-17(24)12-13-21-28(26,27)16-10-8-15(9-11-16)19(2,3)4/h8-11,14,21H,12-13H2,1-7H3,(H,22,24)(H,23,25). The highest BCUT2D eigenvalue weighted by Gasteiger charge is 2.21. The number of hydrogen-bond donors (Lipinski definition) is 3. The number of carbonyl (C=O) groups is 2. The molecule has 1 unspecified atom stereocenters. The van der Waals surface area contributed by atoms with E-state index in [1.54, 1.807) is 31.2 Å². The molecule has 1 atom stereocenters. The Morgan fingerprint density at radius 2 is 1.54 bits per heavy atom. The maximum absolute atomic E-state index is 12.4. The lowest BCUT2D eigenvalue weighted by Gasteiger charge is -2.23. The molecular weight excluding hydrogens is 378 g/mol. The van der Waals surface area contributed by atoms with Gasteiger partial charge in [0.15, 0.2) is 0 Å². The third kappa shape index (κ3) is 7.98. The van der Waals surface area contributed by atoms with Gasteiger partial charge >= 0.3 is 0 Å². The summed E-state index contributed by atoms with van der Waals surface area (Å²) in [5.74, 6) is -0.692. The molecule has 1 rings (SSSR count). The highest BCUT2D eigenvalue weighted by atomic mass is 32.2. The normalized spacial score (nSPS) is 13.7. The van der Waals surface area contributed by atoms with Crippen LogP contribution < -0.4 is 15.4 Å². The zero-order valence-electron chi connectivity index (χ0n) is 17.8. The molecule has 0 aliphatic heterocycles. The van der Waals surface area contributed by atoms with Crippen LogP contribution in [0, 0.1) is 0 Å². The molecule has 0 saturated carbocycles. The van der Waals surface area contributed by atoms with Gasteiger partial charge in [0.05, 0.1) is 4.90 Å². The Hall–Kier alpha value is -1.93. The van der Waals surface area contributed by atoms with Crippen molar-refractivity contribution in [2.75, 3.05) is 6.54 Å². The van der Waals surface area contributed by atoms with Gasteiger partial charge in [-0.15, -0.1) is 0 Å². The lowest BCUT2D eigenvalue weighted by atomic mass is 9.87. The second-order valence-corrected chi connectivity index (χ2v) is 10.7. The first-order valence-corrected chi connectivity index (χ1v) is 10.8. The Kier molecular flexibility index (Phi) is 7.79. The molecule has 0 aromatic heterocycles. The van der Waals surface area contributed by atoms with E-state index in [1.165, 1.54) is 0 Å². The molecule has 0 aliphatic rings. The van der Waals surface area contributed by atoms with Crippen LogP contribution in [-0.4, -0.2) is 38.4 Å². The molecule has 1 aromatic rings. The van der Waals surface area contributed by atoms with E-state index in [1.807, 2.05) is 20.8 Å². The lowest BCUT2D eigenvalue weighted by molar-refractivity contribution is -0.129. The summed E-state index contributed by atoms with van der Waals surface area (Å²) in [5, 5.41) is 5.34. The van der Waals surface area contributed by atoms with E-state index in [-0.39, 0.29) is 29.2 Å². The smallest absolute Gasteiger partial charge is 0.242 e. The van der Waals surface area contributed by atoms with Crippen molar-refractivity contribution >= 4 is 21.8 Å². The van der Waals surface area contributed by atoms with Crippen molar-refractivity contribution in [1.29, 1.82) is 0 Å². The Balaban J connectivity index is 2.55. The molecule has 0 spiro atoms. The van der Waals surface area contributed by atoms with Gasteiger partial charge in [0, 0.05) is 18.5 Å². The summed E-state index contributed by atoms with van der Waals surface area (Å²) in [6.07, 6.45) is -0.0631. The van der Waals surface area contributed by atoms with Gasteiger partial charge in [0.25, 0.3) is 0 Å². The van der Waals surface area contributed by atoms with E-state index < -0.39 is 27.5 Å². The van der Waals surface area contributed by atoms with Gasteiger partial charge in [-0.1, -0.05) is 32.9 Å². The Labute approximate surface area is 168 Å². The molecule has 0 bridgehead atoms. The van der Waals surface area contributed by atoms with Crippen LogP contribution >= 0.6 is 0 Å². The van der Waals surface area contributed by atoms with Gasteiger partial charge in [-0.3, -0.25) is 9.59 Å². The van der Waals surface area contributed by atoms with Crippen LogP contribution in [-0.2, 0) is 25.0 Å². The van der Waals surface area contributed by atoms with Crippen molar-refractivity contribution in [3.05, 3.63) is 29.8 Å². The van der Waals surface area contributed by atoms with Crippen LogP contribution in [0.2, 0.25) is 0 Å². The highest BCUT2D eigenvalue weighted by Crippen LogP contribution is 2.23. The quantitative estimate of drug-likeness (QED) is 0.639. The molecule has 0 fully saturated rings. The van der Waals surface area contributed by atoms with Crippen LogP contribution in [0.4, 0.5) is 0 Å². The molecule has 8 heteroatoms. The summed E-state index contributed by atoms with van der Waals surface area (Å²) in [4.78, 5) is 24.1. The summed E-state index contributed by atoms with van der Waals surface area (Å²) in [7, 11) is -3.70. The molecule has 0 heterocycles. The number of rotatable bonds is 7. The number of amides is 2. The molecule has 0 aliphatic carbocycles. The van der Waals surface area contributed by atoms with Crippen molar-refractivity contribution < 1.29 is 18.0 Å². The fraction of sp³-hybridized carbons (Fsp3) is 0.600. The summed E-state index contributed by atoms with van der Waals surface area (Å²) < 4.78 is 27.1. The van der Waals surface area contributed by atoms with Gasteiger partial charge in [-0.05, 0) is 50.8 Å². The maximum atomic E-state index is 12.4. The van der Waals surface area contributed by atoms with Gasteiger partial charge in [0.2, 0.25) is 21.8 Å². The van der Waals surface area contributed by atoms with Crippen LogP contribution in [0.25, 0.3) is 0 Å². The predicted octanol–water partition coefficient (Wildman–Crippen LogP) is 2.07. The third-order valence-corrected chi connectivity index (χ3v) is 5.42. The highest BCUT2D eigenvalue weighted by molar-refractivity contribution is 7.89. The van der Waals surface area contributed by atoms with Crippen LogP contribution in [0.5, 0.6) is 0 Å². The molecule has 158 valence electrons. The summed E-state index contributed by atoms with van der Waals surface area (Å²) in [6.45, 7) is 13.2. The minimum atomic E-state index is -3.70. The summed E-state index contributed by atoms with van der Waals surface area (Å²) in [5.41, 5.74) is 0.575. The van der Waals surface area contributed by atoms with Gasteiger partial charge < -0.3 is 10.6 Å². The van der Waals surface area contributed by atoms with Crippen molar-refractivity contribution in [3.63, 3.8) is 0 Å². The second-order valence-electron chi connectivity index (χ2n) is 8.95. The number of sulfonamides is 1. The van der Waals surface area contributed by atoms with Crippen LogP contribution in [0.15, 0.2) is 29.2 Å². The number of nitrogens with one attached hydrogen (secondary N) is 3. The number of benzene rings is 1. The molecule has 2 amide bonds. The first-order chi connectivity index (χ1) is 12.6. The fourth-order valence-electron chi connectivity index (χ4n) is 2.37. The van der Waals surface area contributed by atoms with Gasteiger partial charge in [-0.25, -0.2) is 13.1 Å². The Morgan fingerprint density at radius 3 is 2.00 bits per heavy atom. The van der Waals surface area contributed by atoms with Crippen molar-refractivity contribution in [3.8, 4) is 0 Å². The molecular formula is C20H33N3O4S. The Bertz CT molecular complexity index is 788. The predicted molar refractivity (Wildman–Crippen MR) is 110 cm³/mol. The monoisotopic (exact) mass is 411 g/mol. The molecule has 3 N–H and O–H groups in total. The number of carbonyl (C=O) groups excluding carboxylic acids is 2. The summed E-state index contributed by atoms with van der Waals surface area (Å²) >= 11 is 0. The van der Waals surface area contributed by atoms with E-state index in [9.17, 15) is 18.0 Å². The maximum Gasteiger partial charge on any atom is 0.242 e. The molecule has 0 saturated heterocycles. The molecule has 28 heavy (non-hydrogen) atoms. The van der Waals surface area contributed by atoms with E-state index in [2.05, 4.69) is 36.1 Å². The minimum Gasteiger partial charge on any atom is -0.350 e. The molecule has 1 aromatic carbocycles. The minimum absolute atomic E-state index is 0.0528. The molecule has 0 radical (unpaired) electrons. The first-order valence-electron chi connectivity index (χ1n) is 9.33. The van der Waals surface area contributed by atoms with E-state index >= 15 is 0 Å². The molecule has 7 nitrogen and oxygen atoms in total. The topological polar surface area (TPSA) is 104 Å². The van der Waals surface area contributed by atoms with E-state index in [0.717, 1.165) is 5.56 Å². The van der Waals surface area contributed by atoms with Crippen molar-refractivity contribution in [2.45, 2.75) is 76.8 Å². The average Bonchev–Trinajstić information content (AvgIpc) is 2.52. The van der Waals surface area contributed by atoms with E-state index in [4.69, 9.17) is 0 Å². The largest absolute Gasteiger partial charge is 0.350 e. The fourth-order valence-corrected chi connectivity index (χ4v) is 3.41. The van der Waals surface area contributed by atoms with Crippen LogP contribution in [0.1, 0.15) is 60.5 Å². The van der Waals surface area contributed by atoms with Crippen molar-refractivity contribution in [1.82, 2.24) is 15.4 Å². The van der Waals surface area contributed by atoms with Crippen molar-refractivity contribution in [2.24, 2.45) is 0 Å². The number of hydrogen-bond acceptors (Lipinski definition) is 4. The summed E-state index contributed by atoms with van der Waals surface area (Å²) in [6, 6.07) is 5.99. The van der Waals surface area contributed by atoms with Gasteiger partial charge in [0.1, 0.15) is 6.04 Å². The SMILES string of the molecule is CC(NC(=O)CCNS(=O)(=O)c1ccc(C(C)(C)C)cc1)C(=O)NC(C)(C)C. The Morgan fingerprint density at radius 1 is 1.00 bits per heavy atom. The zero-order valence-corrected chi connectivity index (χ0v) is 18.7. The van der Waals surface area contributed by atoms with E-state index in [0.29, 0.717) is 0 Å². The lowest BCUT2D eigenvalue weighted by Crippen LogP contribution is -2.51. The zero-order chi connectivity index (χ0) is 21.8. The second kappa shape index (κ2) is 9.05. The first kappa shape index (κ1) is 24.1. The third-order valence-electron chi connectivity index (χ3n) is 3.94.